The van der Waals surface area contributed by atoms with Crippen molar-refractivity contribution in [3.05, 3.63) is 36.7 Å². The maximum atomic E-state index is 6.31. The molecular formula is C19H25N3O. The van der Waals surface area contributed by atoms with Crippen molar-refractivity contribution in [3.8, 4) is 17.1 Å². The number of benzene rings is 1. The van der Waals surface area contributed by atoms with Gasteiger partial charge in [0.1, 0.15) is 11.6 Å². The zero-order valence-electron chi connectivity index (χ0n) is 13.8. The Morgan fingerprint density at radius 2 is 1.96 bits per heavy atom. The molecule has 122 valence electrons. The van der Waals surface area contributed by atoms with Crippen LogP contribution in [0, 0.1) is 0 Å². The second-order valence-electron chi connectivity index (χ2n) is 6.88. The fourth-order valence-electron chi connectivity index (χ4n) is 3.90. The number of aromatic nitrogens is 2. The van der Waals surface area contributed by atoms with Crippen LogP contribution in [0.4, 0.5) is 0 Å². The van der Waals surface area contributed by atoms with Crippen molar-refractivity contribution in [1.82, 2.24) is 14.5 Å². The second kappa shape index (κ2) is 6.36. The van der Waals surface area contributed by atoms with E-state index in [9.17, 15) is 0 Å². The molecule has 0 radical (unpaired) electrons. The maximum Gasteiger partial charge on any atom is 0.143 e. The van der Waals surface area contributed by atoms with E-state index in [0.717, 1.165) is 30.2 Å². The first kappa shape index (κ1) is 14.8. The zero-order valence-corrected chi connectivity index (χ0v) is 13.8. The molecule has 1 aliphatic carbocycles. The topological polar surface area (TPSA) is 30.3 Å². The molecule has 2 fully saturated rings. The first-order chi connectivity index (χ1) is 11.3. The van der Waals surface area contributed by atoms with Crippen molar-refractivity contribution in [2.45, 2.75) is 44.2 Å². The van der Waals surface area contributed by atoms with Crippen molar-refractivity contribution in [3.63, 3.8) is 0 Å². The standard InChI is InChI=1S/C19H25N3O/c1-21-12-10-15(14-21)22-13-11-20-19(22)17-8-4-5-9-18(17)23-16-6-2-3-7-16/h4-5,8-9,11,13,15-16H,2-3,6-7,10,12,14H2,1H3. The molecule has 1 aromatic heterocycles. The minimum Gasteiger partial charge on any atom is -0.490 e. The van der Waals surface area contributed by atoms with Gasteiger partial charge < -0.3 is 14.2 Å². The monoisotopic (exact) mass is 311 g/mol. The number of hydrogen-bond acceptors (Lipinski definition) is 3. The number of rotatable bonds is 4. The maximum absolute atomic E-state index is 6.31. The molecule has 4 nitrogen and oxygen atoms in total. The lowest BCUT2D eigenvalue weighted by atomic mass is 10.1. The molecule has 1 saturated carbocycles. The summed E-state index contributed by atoms with van der Waals surface area (Å²) in [5.41, 5.74) is 1.12. The van der Waals surface area contributed by atoms with E-state index in [4.69, 9.17) is 4.74 Å². The van der Waals surface area contributed by atoms with E-state index in [1.165, 1.54) is 32.1 Å². The van der Waals surface area contributed by atoms with Crippen LogP contribution in [0.25, 0.3) is 11.4 Å². The number of nitrogens with zero attached hydrogens (tertiary/aromatic N) is 3. The van der Waals surface area contributed by atoms with Crippen molar-refractivity contribution in [2.75, 3.05) is 20.1 Å². The Hall–Kier alpha value is -1.81. The molecule has 0 bridgehead atoms. The van der Waals surface area contributed by atoms with Gasteiger partial charge in [0, 0.05) is 25.0 Å². The van der Waals surface area contributed by atoms with Crippen LogP contribution in [-0.2, 0) is 0 Å². The molecular weight excluding hydrogens is 286 g/mol. The highest BCUT2D eigenvalue weighted by molar-refractivity contribution is 5.64. The molecule has 1 saturated heterocycles. The van der Waals surface area contributed by atoms with E-state index >= 15 is 0 Å². The van der Waals surface area contributed by atoms with Gasteiger partial charge in [-0.25, -0.2) is 4.98 Å². The minimum atomic E-state index is 0.372. The number of likely N-dealkylation sites (tertiary alicyclic amines) is 1. The van der Waals surface area contributed by atoms with Gasteiger partial charge in [0.05, 0.1) is 11.7 Å². The van der Waals surface area contributed by atoms with Gasteiger partial charge in [0.15, 0.2) is 0 Å². The number of imidazole rings is 1. The highest BCUT2D eigenvalue weighted by Crippen LogP contribution is 2.34. The van der Waals surface area contributed by atoms with E-state index in [2.05, 4.69) is 52.0 Å². The van der Waals surface area contributed by atoms with Crippen LogP contribution >= 0.6 is 0 Å². The molecule has 4 heteroatoms. The SMILES string of the molecule is CN1CCC(n2ccnc2-c2ccccc2OC2CCCC2)C1. The van der Waals surface area contributed by atoms with Gasteiger partial charge in [-0.3, -0.25) is 0 Å². The van der Waals surface area contributed by atoms with Gasteiger partial charge in [-0.1, -0.05) is 12.1 Å². The fraction of sp³-hybridized carbons (Fsp3) is 0.526. The average molecular weight is 311 g/mol. The summed E-state index contributed by atoms with van der Waals surface area (Å²) in [7, 11) is 2.19. The molecule has 1 atom stereocenters. The fourth-order valence-corrected chi connectivity index (χ4v) is 3.90. The molecule has 2 aromatic rings. The number of para-hydroxylation sites is 1. The minimum absolute atomic E-state index is 0.372. The quantitative estimate of drug-likeness (QED) is 0.861. The number of likely N-dealkylation sites (N-methyl/N-ethyl adjacent to an activating group) is 1. The van der Waals surface area contributed by atoms with E-state index in [0.29, 0.717) is 12.1 Å². The summed E-state index contributed by atoms with van der Waals surface area (Å²) >= 11 is 0. The first-order valence-electron chi connectivity index (χ1n) is 8.78. The summed E-state index contributed by atoms with van der Waals surface area (Å²) in [5, 5.41) is 0. The van der Waals surface area contributed by atoms with Crippen molar-refractivity contribution < 1.29 is 4.74 Å². The summed E-state index contributed by atoms with van der Waals surface area (Å²) in [5.74, 6) is 2.03. The van der Waals surface area contributed by atoms with Gasteiger partial charge in [-0.15, -0.1) is 0 Å². The van der Waals surface area contributed by atoms with Crippen LogP contribution in [0.15, 0.2) is 36.7 Å². The Bertz CT molecular complexity index is 660. The summed E-state index contributed by atoms with van der Waals surface area (Å²) in [6.45, 7) is 2.25. The summed E-state index contributed by atoms with van der Waals surface area (Å²) in [6.07, 6.45) is 10.5. The van der Waals surface area contributed by atoms with Gasteiger partial charge in [-0.2, -0.15) is 0 Å². The van der Waals surface area contributed by atoms with Crippen LogP contribution in [0.1, 0.15) is 38.1 Å². The molecule has 0 amide bonds. The van der Waals surface area contributed by atoms with Crippen LogP contribution in [0.5, 0.6) is 5.75 Å². The molecule has 1 aromatic carbocycles. The van der Waals surface area contributed by atoms with Gasteiger partial charge in [0.2, 0.25) is 0 Å². The lowest BCUT2D eigenvalue weighted by Crippen LogP contribution is -2.17. The van der Waals surface area contributed by atoms with E-state index < -0.39 is 0 Å². The zero-order chi connectivity index (χ0) is 15.6. The Morgan fingerprint density at radius 3 is 2.74 bits per heavy atom. The van der Waals surface area contributed by atoms with Gasteiger partial charge >= 0.3 is 0 Å². The van der Waals surface area contributed by atoms with Crippen molar-refractivity contribution in [1.29, 1.82) is 0 Å². The highest BCUT2D eigenvalue weighted by Gasteiger charge is 2.25. The van der Waals surface area contributed by atoms with Crippen LogP contribution < -0.4 is 4.74 Å². The molecule has 0 N–H and O–H groups in total. The van der Waals surface area contributed by atoms with E-state index in [-0.39, 0.29) is 0 Å². The Morgan fingerprint density at radius 1 is 1.13 bits per heavy atom. The predicted molar refractivity (Wildman–Crippen MR) is 91.7 cm³/mol. The van der Waals surface area contributed by atoms with Crippen molar-refractivity contribution in [2.24, 2.45) is 0 Å². The smallest absolute Gasteiger partial charge is 0.143 e. The normalized spacial score (nSPS) is 22.7. The average Bonchev–Trinajstić information content (AvgIpc) is 3.28. The highest BCUT2D eigenvalue weighted by atomic mass is 16.5. The first-order valence-corrected chi connectivity index (χ1v) is 8.78. The Balaban J connectivity index is 1.64. The lowest BCUT2D eigenvalue weighted by molar-refractivity contribution is 0.211. The van der Waals surface area contributed by atoms with Gasteiger partial charge in [-0.05, 0) is 57.8 Å². The Labute approximate surface area is 138 Å². The van der Waals surface area contributed by atoms with E-state index in [1.807, 2.05) is 6.20 Å². The third-order valence-corrected chi connectivity index (χ3v) is 5.15. The Kier molecular flexibility index (Phi) is 4.08. The molecule has 1 aliphatic heterocycles. The van der Waals surface area contributed by atoms with Crippen LogP contribution in [0.2, 0.25) is 0 Å². The van der Waals surface area contributed by atoms with E-state index in [1.54, 1.807) is 0 Å². The summed E-state index contributed by atoms with van der Waals surface area (Å²) in [6, 6.07) is 8.88. The predicted octanol–water partition coefficient (Wildman–Crippen LogP) is 3.75. The number of hydrogen-bond donors (Lipinski definition) is 0. The molecule has 1 unspecified atom stereocenters. The number of ether oxygens (including phenoxy) is 1. The van der Waals surface area contributed by atoms with Crippen LogP contribution in [-0.4, -0.2) is 40.7 Å². The molecule has 4 rings (SSSR count). The largest absolute Gasteiger partial charge is 0.490 e. The van der Waals surface area contributed by atoms with Crippen molar-refractivity contribution >= 4 is 0 Å². The summed E-state index contributed by atoms with van der Waals surface area (Å²) < 4.78 is 8.64. The third kappa shape index (κ3) is 3.00. The summed E-state index contributed by atoms with van der Waals surface area (Å²) in [4.78, 5) is 7.04. The molecule has 2 heterocycles. The lowest BCUT2D eigenvalue weighted by Gasteiger charge is -2.19. The van der Waals surface area contributed by atoms with Crippen LogP contribution in [0.3, 0.4) is 0 Å². The third-order valence-electron chi connectivity index (χ3n) is 5.15. The molecule has 0 spiro atoms. The van der Waals surface area contributed by atoms with Gasteiger partial charge in [0.25, 0.3) is 0 Å². The second-order valence-corrected chi connectivity index (χ2v) is 6.88. The molecule has 2 aliphatic rings. The molecule has 23 heavy (non-hydrogen) atoms.